The Labute approximate surface area is 214 Å². The lowest BCUT2D eigenvalue weighted by Gasteiger charge is -2.25. The average molecular weight is 510 g/mol. The number of para-hydroxylation sites is 1. The minimum absolute atomic E-state index is 0.448. The first-order valence-corrected chi connectivity index (χ1v) is 13.7. The minimum atomic E-state index is -0.967. The van der Waals surface area contributed by atoms with E-state index in [1.165, 1.54) is 43.4 Å². The molecule has 2 aromatic carbocycles. The summed E-state index contributed by atoms with van der Waals surface area (Å²) in [5, 5.41) is 7.00. The van der Waals surface area contributed by atoms with Gasteiger partial charge >= 0.3 is 0 Å². The number of carbonyl (C=O) groups is 1. The van der Waals surface area contributed by atoms with Gasteiger partial charge in [0.2, 0.25) is 0 Å². The van der Waals surface area contributed by atoms with E-state index in [0.717, 1.165) is 28.3 Å². The molecule has 1 N–H and O–H groups in total. The van der Waals surface area contributed by atoms with Gasteiger partial charge in [-0.25, -0.2) is 4.39 Å². The summed E-state index contributed by atoms with van der Waals surface area (Å²) in [7, 11) is 1.00. The lowest BCUT2D eigenvalue weighted by Crippen LogP contribution is -2.18. The van der Waals surface area contributed by atoms with Crippen LogP contribution in [0.3, 0.4) is 0 Å². The number of benzene rings is 2. The molecule has 1 aliphatic heterocycles. The van der Waals surface area contributed by atoms with Crippen molar-refractivity contribution in [1.29, 1.82) is 0 Å². The van der Waals surface area contributed by atoms with Crippen LogP contribution in [-0.4, -0.2) is 36.8 Å². The summed E-state index contributed by atoms with van der Waals surface area (Å²) in [6.45, 7) is 9.23. The zero-order valence-corrected chi connectivity index (χ0v) is 22.9. The van der Waals surface area contributed by atoms with Crippen LogP contribution in [0, 0.1) is 0 Å². The Kier molecular flexibility index (Phi) is 19.2. The maximum atomic E-state index is 14.3. The van der Waals surface area contributed by atoms with Crippen molar-refractivity contribution >= 4 is 41.2 Å². The first-order valence-electron chi connectivity index (χ1n) is 11.6. The number of nitrogens with zero attached hydrogens (tertiary/aromatic N) is 1. The molecule has 190 valence electrons. The maximum absolute atomic E-state index is 14.3. The van der Waals surface area contributed by atoms with Crippen LogP contribution in [0.2, 0.25) is 0 Å². The van der Waals surface area contributed by atoms with Crippen molar-refractivity contribution in [2.24, 2.45) is 0 Å². The summed E-state index contributed by atoms with van der Waals surface area (Å²) in [6, 6.07) is 13.9. The summed E-state index contributed by atoms with van der Waals surface area (Å²) >= 11 is 2.77. The van der Waals surface area contributed by atoms with Crippen molar-refractivity contribution in [3.8, 4) is 5.75 Å². The van der Waals surface area contributed by atoms with Gasteiger partial charge in [0.1, 0.15) is 12.0 Å². The highest BCUT2D eigenvalue weighted by atomic mass is 32.2. The predicted octanol–water partition coefficient (Wildman–Crippen LogP) is 8.26. The molecule has 0 aromatic heterocycles. The second-order valence-electron chi connectivity index (χ2n) is 7.06. The number of ether oxygens (including phenoxy) is 1. The van der Waals surface area contributed by atoms with Crippen LogP contribution in [0.15, 0.2) is 64.6 Å². The number of aliphatic hydroxyl groups excluding tert-OH is 1. The quantitative estimate of drug-likeness (QED) is 0.183. The molecule has 1 heterocycles. The molecule has 1 unspecified atom stereocenters. The SMILES string of the molecule is CCC.CCCC.CO.CSc1cc2c(cc1O/C=C/C=O)SC(F)CCN2c1ccccc1. The number of rotatable bonds is 6. The maximum Gasteiger partial charge on any atom is 0.152 e. The average Bonchev–Trinajstić information content (AvgIpc) is 3.03. The van der Waals surface area contributed by atoms with E-state index in [9.17, 15) is 9.18 Å². The van der Waals surface area contributed by atoms with Crippen molar-refractivity contribution in [2.45, 2.75) is 68.7 Å². The van der Waals surface area contributed by atoms with E-state index in [2.05, 4.69) is 32.6 Å². The largest absolute Gasteiger partial charge is 0.464 e. The van der Waals surface area contributed by atoms with Crippen LogP contribution < -0.4 is 9.64 Å². The summed E-state index contributed by atoms with van der Waals surface area (Å²) in [6.07, 6.45) is 9.59. The molecule has 3 rings (SSSR count). The molecule has 0 saturated heterocycles. The summed E-state index contributed by atoms with van der Waals surface area (Å²) in [5.41, 5.74) is 1.05. The predicted molar refractivity (Wildman–Crippen MR) is 148 cm³/mol. The third-order valence-electron chi connectivity index (χ3n) is 4.29. The zero-order chi connectivity index (χ0) is 25.8. The Bertz CT molecular complexity index is 817. The second kappa shape index (κ2) is 20.4. The van der Waals surface area contributed by atoms with Gasteiger partial charge in [-0.1, -0.05) is 76.9 Å². The van der Waals surface area contributed by atoms with Crippen LogP contribution in [0.25, 0.3) is 0 Å². The molecule has 1 aliphatic rings. The Morgan fingerprint density at radius 3 is 2.29 bits per heavy atom. The summed E-state index contributed by atoms with van der Waals surface area (Å²) in [5.74, 6) is 0.624. The van der Waals surface area contributed by atoms with Crippen LogP contribution >= 0.6 is 23.5 Å². The summed E-state index contributed by atoms with van der Waals surface area (Å²) < 4.78 is 19.8. The molecular weight excluding hydrogens is 469 g/mol. The molecule has 0 aliphatic carbocycles. The topological polar surface area (TPSA) is 49.8 Å². The van der Waals surface area contributed by atoms with Gasteiger partial charge in [-0.15, -0.1) is 11.8 Å². The number of aldehydes is 1. The molecule has 0 spiro atoms. The Morgan fingerprint density at radius 2 is 1.76 bits per heavy atom. The van der Waals surface area contributed by atoms with Crippen molar-refractivity contribution in [1.82, 2.24) is 0 Å². The number of aliphatic hydroxyl groups is 1. The number of alkyl halides is 1. The number of halogens is 1. The number of hydrogen-bond donors (Lipinski definition) is 1. The Balaban J connectivity index is 0.00000105. The van der Waals surface area contributed by atoms with Gasteiger partial charge in [-0.3, -0.25) is 4.79 Å². The van der Waals surface area contributed by atoms with E-state index in [1.807, 2.05) is 48.7 Å². The highest BCUT2D eigenvalue weighted by molar-refractivity contribution is 8.00. The Morgan fingerprint density at radius 1 is 1.15 bits per heavy atom. The van der Waals surface area contributed by atoms with Crippen molar-refractivity contribution in [3.63, 3.8) is 0 Å². The highest BCUT2D eigenvalue weighted by Crippen LogP contribution is 2.46. The van der Waals surface area contributed by atoms with Gasteiger partial charge in [0, 0.05) is 36.7 Å². The van der Waals surface area contributed by atoms with Crippen LogP contribution in [-0.2, 0) is 4.79 Å². The molecule has 0 fully saturated rings. The summed E-state index contributed by atoms with van der Waals surface area (Å²) in [4.78, 5) is 14.4. The molecule has 4 nitrogen and oxygen atoms in total. The molecule has 7 heteroatoms. The number of fused-ring (bicyclic) bond motifs is 1. The number of carbonyl (C=O) groups excluding carboxylic acids is 1. The standard InChI is InChI=1S/C19H18FNO2S2.C4H10.C3H8.CH4O/c1-24-18-12-15-17(13-16(18)23-11-5-10-22)25-19(20)8-9-21(15)14-6-3-2-4-7-14;1-3-4-2;1-3-2;1-2/h2-7,10-13,19H,8-9H2,1H3;3-4H2,1-2H3;3H2,1-2H3;2H,1H3/b11-5+;;;. The van der Waals surface area contributed by atoms with Crippen molar-refractivity contribution in [3.05, 3.63) is 54.8 Å². The molecule has 1 atom stereocenters. The normalized spacial score (nSPS) is 14.2. The van der Waals surface area contributed by atoms with Crippen molar-refractivity contribution in [2.75, 3.05) is 24.8 Å². The van der Waals surface area contributed by atoms with Crippen LogP contribution in [0.4, 0.5) is 15.8 Å². The minimum Gasteiger partial charge on any atom is -0.464 e. The van der Waals surface area contributed by atoms with Gasteiger partial charge in [-0.05, 0) is 30.5 Å². The second-order valence-corrected chi connectivity index (χ2v) is 9.10. The van der Waals surface area contributed by atoms with E-state index in [0.29, 0.717) is 25.0 Å². The van der Waals surface area contributed by atoms with Crippen LogP contribution in [0.5, 0.6) is 5.75 Å². The Hall–Kier alpha value is -1.96. The van der Waals surface area contributed by atoms with Gasteiger partial charge in [-0.2, -0.15) is 0 Å². The van der Waals surface area contributed by atoms with Crippen molar-refractivity contribution < 1.29 is 19.0 Å². The molecule has 0 saturated carbocycles. The lowest BCUT2D eigenvalue weighted by atomic mass is 10.2. The van der Waals surface area contributed by atoms with E-state index < -0.39 is 5.50 Å². The fourth-order valence-electron chi connectivity index (χ4n) is 2.66. The van der Waals surface area contributed by atoms with Gasteiger partial charge in [0.15, 0.2) is 5.50 Å². The van der Waals surface area contributed by atoms with Gasteiger partial charge in [0.05, 0.1) is 16.8 Å². The first-order chi connectivity index (χ1) is 16.6. The van der Waals surface area contributed by atoms with E-state index in [-0.39, 0.29) is 0 Å². The fourth-order valence-corrected chi connectivity index (χ4v) is 4.16. The molecule has 0 amide bonds. The molecule has 2 aromatic rings. The molecule has 0 bridgehead atoms. The number of thioether (sulfide) groups is 2. The number of hydrogen-bond acceptors (Lipinski definition) is 6. The van der Waals surface area contributed by atoms with Crippen LogP contribution in [0.1, 0.15) is 53.4 Å². The third-order valence-corrected chi connectivity index (χ3v) is 6.12. The van der Waals surface area contributed by atoms with Gasteiger partial charge < -0.3 is 14.7 Å². The lowest BCUT2D eigenvalue weighted by molar-refractivity contribution is -0.104. The zero-order valence-electron chi connectivity index (χ0n) is 21.3. The van der Waals surface area contributed by atoms with Gasteiger partial charge in [0.25, 0.3) is 0 Å². The first kappa shape index (κ1) is 32.0. The smallest absolute Gasteiger partial charge is 0.152 e. The van der Waals surface area contributed by atoms with E-state index in [4.69, 9.17) is 9.84 Å². The molecule has 34 heavy (non-hydrogen) atoms. The van der Waals surface area contributed by atoms with E-state index >= 15 is 0 Å². The third kappa shape index (κ3) is 11.4. The number of unbranched alkanes of at least 4 members (excludes halogenated alkanes) is 1. The van der Waals surface area contributed by atoms with E-state index in [1.54, 1.807) is 11.8 Å². The number of allylic oxidation sites excluding steroid dienone is 1. The molecular formula is C27H40FNO3S2. The monoisotopic (exact) mass is 509 g/mol. The fraction of sp³-hybridized carbons (Fsp3) is 0.444. The number of anilines is 2. The highest BCUT2D eigenvalue weighted by Gasteiger charge is 2.24. The molecule has 0 radical (unpaired) electrons.